The van der Waals surface area contributed by atoms with Gasteiger partial charge in [0.1, 0.15) is 0 Å². The van der Waals surface area contributed by atoms with Crippen LogP contribution >= 0.6 is 11.6 Å². The van der Waals surface area contributed by atoms with E-state index in [1.807, 2.05) is 6.07 Å². The lowest BCUT2D eigenvalue weighted by molar-refractivity contribution is 0.422. The van der Waals surface area contributed by atoms with Crippen LogP contribution in [0.3, 0.4) is 0 Å². The van der Waals surface area contributed by atoms with Crippen LogP contribution in [0.25, 0.3) is 0 Å². The SMILES string of the molecule is C[C@H]1CN2c3cc(Cl)ccc3C[C@@H]2CN1. The molecule has 2 aliphatic heterocycles. The standard InChI is InChI=1S/C12H15ClN2/c1-8-7-15-11(6-14-8)4-9-2-3-10(13)5-12(9)15/h2-3,5,8,11,14H,4,6-7H2,1H3/t8-,11+/m0/s1. The number of halogens is 1. The van der Waals surface area contributed by atoms with Gasteiger partial charge in [-0.05, 0) is 31.0 Å². The highest BCUT2D eigenvalue weighted by atomic mass is 35.5. The molecule has 2 heterocycles. The molecular formula is C12H15ClN2. The van der Waals surface area contributed by atoms with Crippen LogP contribution in [0.5, 0.6) is 0 Å². The number of nitrogens with one attached hydrogen (secondary N) is 1. The van der Waals surface area contributed by atoms with Crippen molar-refractivity contribution in [3.8, 4) is 0 Å². The van der Waals surface area contributed by atoms with Crippen LogP contribution in [0.2, 0.25) is 5.02 Å². The number of anilines is 1. The van der Waals surface area contributed by atoms with Gasteiger partial charge in [-0.1, -0.05) is 17.7 Å². The molecule has 2 atom stereocenters. The Morgan fingerprint density at radius 3 is 3.20 bits per heavy atom. The summed E-state index contributed by atoms with van der Waals surface area (Å²) in [6.45, 7) is 4.42. The van der Waals surface area contributed by atoms with E-state index < -0.39 is 0 Å². The van der Waals surface area contributed by atoms with Gasteiger partial charge in [-0.25, -0.2) is 0 Å². The molecule has 0 spiro atoms. The smallest absolute Gasteiger partial charge is 0.0456 e. The van der Waals surface area contributed by atoms with Gasteiger partial charge in [-0.3, -0.25) is 0 Å². The van der Waals surface area contributed by atoms with E-state index in [4.69, 9.17) is 11.6 Å². The third kappa shape index (κ3) is 1.52. The lowest BCUT2D eigenvalue weighted by Gasteiger charge is -2.36. The van der Waals surface area contributed by atoms with E-state index in [0.717, 1.165) is 24.5 Å². The molecule has 0 amide bonds. The van der Waals surface area contributed by atoms with Crippen LogP contribution < -0.4 is 10.2 Å². The Balaban J connectivity index is 1.98. The van der Waals surface area contributed by atoms with Gasteiger partial charge in [0.15, 0.2) is 0 Å². The fourth-order valence-corrected chi connectivity index (χ4v) is 2.83. The topological polar surface area (TPSA) is 15.3 Å². The molecule has 0 aromatic heterocycles. The van der Waals surface area contributed by atoms with E-state index >= 15 is 0 Å². The molecule has 2 nitrogen and oxygen atoms in total. The van der Waals surface area contributed by atoms with Gasteiger partial charge in [-0.2, -0.15) is 0 Å². The molecule has 1 fully saturated rings. The first-order valence-electron chi connectivity index (χ1n) is 5.52. The van der Waals surface area contributed by atoms with Gasteiger partial charge < -0.3 is 10.2 Å². The molecule has 0 saturated carbocycles. The zero-order valence-electron chi connectivity index (χ0n) is 8.83. The maximum Gasteiger partial charge on any atom is 0.0456 e. The lowest BCUT2D eigenvalue weighted by Crippen LogP contribution is -2.54. The van der Waals surface area contributed by atoms with Gasteiger partial charge in [0, 0.05) is 35.9 Å². The molecule has 0 unspecified atom stereocenters. The van der Waals surface area contributed by atoms with Gasteiger partial charge in [0.25, 0.3) is 0 Å². The van der Waals surface area contributed by atoms with Gasteiger partial charge in [0.05, 0.1) is 0 Å². The minimum atomic E-state index is 0.575. The fraction of sp³-hybridized carbons (Fsp3) is 0.500. The number of piperazine rings is 1. The van der Waals surface area contributed by atoms with Crippen LogP contribution in [0.4, 0.5) is 5.69 Å². The average Bonchev–Trinajstić information content (AvgIpc) is 2.56. The summed E-state index contributed by atoms with van der Waals surface area (Å²) < 4.78 is 0. The molecule has 1 saturated heterocycles. The molecule has 3 heteroatoms. The maximum absolute atomic E-state index is 6.05. The predicted octanol–water partition coefficient (Wildman–Crippen LogP) is 2.06. The fourth-order valence-electron chi connectivity index (χ4n) is 2.66. The third-order valence-corrected chi connectivity index (χ3v) is 3.66. The Labute approximate surface area is 95.2 Å². The first-order valence-corrected chi connectivity index (χ1v) is 5.90. The van der Waals surface area contributed by atoms with Crippen molar-refractivity contribution >= 4 is 17.3 Å². The molecule has 15 heavy (non-hydrogen) atoms. The number of nitrogens with zero attached hydrogens (tertiary/aromatic N) is 1. The molecule has 2 aliphatic rings. The lowest BCUT2D eigenvalue weighted by atomic mass is 10.1. The van der Waals surface area contributed by atoms with Crippen LogP contribution in [0.15, 0.2) is 18.2 Å². The Kier molecular flexibility index (Phi) is 2.15. The summed E-state index contributed by atoms with van der Waals surface area (Å²) >= 11 is 6.05. The van der Waals surface area contributed by atoms with Crippen molar-refractivity contribution in [2.45, 2.75) is 25.4 Å². The van der Waals surface area contributed by atoms with Crippen LogP contribution in [-0.2, 0) is 6.42 Å². The van der Waals surface area contributed by atoms with Crippen LogP contribution in [0.1, 0.15) is 12.5 Å². The van der Waals surface area contributed by atoms with Crippen molar-refractivity contribution in [3.05, 3.63) is 28.8 Å². The molecule has 1 N–H and O–H groups in total. The minimum absolute atomic E-state index is 0.575. The number of hydrogen-bond donors (Lipinski definition) is 1. The first-order chi connectivity index (χ1) is 7.24. The van der Waals surface area contributed by atoms with Gasteiger partial charge in [0.2, 0.25) is 0 Å². The Bertz CT molecular complexity index is 391. The average molecular weight is 223 g/mol. The van der Waals surface area contributed by atoms with E-state index in [2.05, 4.69) is 29.3 Å². The van der Waals surface area contributed by atoms with Crippen molar-refractivity contribution in [1.29, 1.82) is 0 Å². The van der Waals surface area contributed by atoms with E-state index in [0.29, 0.717) is 12.1 Å². The number of benzene rings is 1. The Morgan fingerprint density at radius 2 is 2.33 bits per heavy atom. The molecule has 3 rings (SSSR count). The molecule has 0 bridgehead atoms. The molecule has 80 valence electrons. The number of rotatable bonds is 0. The Morgan fingerprint density at radius 1 is 1.47 bits per heavy atom. The molecule has 0 aliphatic carbocycles. The van der Waals surface area contributed by atoms with E-state index in [-0.39, 0.29) is 0 Å². The second-order valence-electron chi connectivity index (χ2n) is 4.59. The second-order valence-corrected chi connectivity index (χ2v) is 5.03. The van der Waals surface area contributed by atoms with Crippen molar-refractivity contribution in [2.24, 2.45) is 0 Å². The van der Waals surface area contributed by atoms with Crippen molar-refractivity contribution in [2.75, 3.05) is 18.0 Å². The minimum Gasteiger partial charge on any atom is -0.365 e. The summed E-state index contributed by atoms with van der Waals surface area (Å²) in [6, 6.07) is 7.48. The van der Waals surface area contributed by atoms with Crippen LogP contribution in [-0.4, -0.2) is 25.2 Å². The van der Waals surface area contributed by atoms with Gasteiger partial charge in [-0.15, -0.1) is 0 Å². The summed E-state index contributed by atoms with van der Waals surface area (Å²) in [6.07, 6.45) is 1.16. The predicted molar refractivity (Wildman–Crippen MR) is 63.8 cm³/mol. The summed E-state index contributed by atoms with van der Waals surface area (Å²) in [5.41, 5.74) is 2.79. The zero-order valence-corrected chi connectivity index (χ0v) is 9.59. The number of hydrogen-bond acceptors (Lipinski definition) is 2. The maximum atomic E-state index is 6.05. The highest BCUT2D eigenvalue weighted by molar-refractivity contribution is 6.30. The summed E-state index contributed by atoms with van der Waals surface area (Å²) in [5, 5.41) is 4.38. The molecule has 1 aromatic carbocycles. The van der Waals surface area contributed by atoms with Crippen molar-refractivity contribution in [3.63, 3.8) is 0 Å². The summed E-state index contributed by atoms with van der Waals surface area (Å²) in [4.78, 5) is 2.50. The van der Waals surface area contributed by atoms with Crippen LogP contribution in [0, 0.1) is 0 Å². The second kappa shape index (κ2) is 3.39. The van der Waals surface area contributed by atoms with Gasteiger partial charge >= 0.3 is 0 Å². The molecule has 1 aromatic rings. The first kappa shape index (κ1) is 9.49. The quantitative estimate of drug-likeness (QED) is 0.723. The number of fused-ring (bicyclic) bond motifs is 3. The monoisotopic (exact) mass is 222 g/mol. The van der Waals surface area contributed by atoms with Crippen molar-refractivity contribution < 1.29 is 0 Å². The largest absolute Gasteiger partial charge is 0.365 e. The van der Waals surface area contributed by atoms with Crippen molar-refractivity contribution in [1.82, 2.24) is 5.32 Å². The van der Waals surface area contributed by atoms with E-state index in [1.165, 1.54) is 11.3 Å². The normalized spacial score (nSPS) is 28.8. The van der Waals surface area contributed by atoms with E-state index in [1.54, 1.807) is 0 Å². The Hall–Kier alpha value is -0.730. The highest BCUT2D eigenvalue weighted by Crippen LogP contribution is 2.35. The van der Waals surface area contributed by atoms with E-state index in [9.17, 15) is 0 Å². The highest BCUT2D eigenvalue weighted by Gasteiger charge is 2.33. The summed E-state index contributed by atoms with van der Waals surface area (Å²) in [7, 11) is 0. The summed E-state index contributed by atoms with van der Waals surface area (Å²) in [5.74, 6) is 0. The zero-order chi connectivity index (χ0) is 10.4. The third-order valence-electron chi connectivity index (χ3n) is 3.43. The molecular weight excluding hydrogens is 208 g/mol. The molecule has 0 radical (unpaired) electrons.